The highest BCUT2D eigenvalue weighted by Crippen LogP contribution is 2.30. The molecule has 1 aliphatic rings. The second-order valence-electron chi connectivity index (χ2n) is 3.80. The number of fused-ring (bicyclic) bond motifs is 1. The Morgan fingerprint density at radius 3 is 3.12 bits per heavy atom. The molecule has 0 aliphatic carbocycles. The predicted octanol–water partition coefficient (Wildman–Crippen LogP) is 1.12. The number of benzene rings is 1. The molecule has 1 aromatic rings. The Morgan fingerprint density at radius 1 is 1.59 bits per heavy atom. The van der Waals surface area contributed by atoms with Gasteiger partial charge in [0.05, 0.1) is 7.11 Å². The van der Waals surface area contributed by atoms with Crippen LogP contribution < -0.4 is 4.74 Å². The summed E-state index contributed by atoms with van der Waals surface area (Å²) in [5.74, 6) is 1.43. The summed E-state index contributed by atoms with van der Waals surface area (Å²) in [6.45, 7) is 0.782. The van der Waals surface area contributed by atoms with Gasteiger partial charge in [0.2, 0.25) is 5.91 Å². The van der Waals surface area contributed by atoms with Gasteiger partial charge < -0.3 is 14.7 Å². The molecule has 1 N–H and O–H groups in total. The van der Waals surface area contributed by atoms with Crippen LogP contribution in [0.3, 0.4) is 0 Å². The molecule has 2 rings (SSSR count). The van der Waals surface area contributed by atoms with Crippen molar-refractivity contribution >= 4 is 17.7 Å². The van der Waals surface area contributed by atoms with E-state index >= 15 is 0 Å². The lowest BCUT2D eigenvalue weighted by molar-refractivity contribution is -0.134. The zero-order chi connectivity index (χ0) is 12.3. The zero-order valence-electron chi connectivity index (χ0n) is 9.68. The Morgan fingerprint density at radius 2 is 2.41 bits per heavy atom. The summed E-state index contributed by atoms with van der Waals surface area (Å²) in [6.07, 6.45) is 0. The molecule has 1 heterocycles. The minimum atomic E-state index is -0.427. The van der Waals surface area contributed by atoms with E-state index in [1.165, 1.54) is 4.90 Å². The first-order valence-corrected chi connectivity index (χ1v) is 6.41. The SMILES string of the molecule is COc1ccc2c(c1)CN(C(=O)CO)CCS2. The van der Waals surface area contributed by atoms with Crippen LogP contribution in [0.2, 0.25) is 0 Å². The molecule has 92 valence electrons. The molecule has 0 aromatic heterocycles. The van der Waals surface area contributed by atoms with Crippen molar-refractivity contribution in [2.24, 2.45) is 0 Å². The van der Waals surface area contributed by atoms with Crippen LogP contribution in [0, 0.1) is 0 Å². The van der Waals surface area contributed by atoms with Crippen LogP contribution in [0.5, 0.6) is 5.75 Å². The molecule has 0 fully saturated rings. The Labute approximate surface area is 105 Å². The van der Waals surface area contributed by atoms with Crippen LogP contribution in [0.25, 0.3) is 0 Å². The fourth-order valence-electron chi connectivity index (χ4n) is 1.81. The van der Waals surface area contributed by atoms with Crippen LogP contribution in [-0.2, 0) is 11.3 Å². The molecule has 1 amide bonds. The minimum absolute atomic E-state index is 0.221. The van der Waals surface area contributed by atoms with Gasteiger partial charge in [-0.05, 0) is 23.8 Å². The first-order valence-electron chi connectivity index (χ1n) is 5.43. The second kappa shape index (κ2) is 5.42. The van der Waals surface area contributed by atoms with Crippen molar-refractivity contribution in [3.8, 4) is 5.75 Å². The number of ether oxygens (including phenoxy) is 1. The number of aliphatic hydroxyl groups is 1. The van der Waals surface area contributed by atoms with Crippen LogP contribution in [0.1, 0.15) is 5.56 Å². The summed E-state index contributed by atoms with van der Waals surface area (Å²) in [6, 6.07) is 5.90. The number of hydrogen-bond acceptors (Lipinski definition) is 4. The van der Waals surface area contributed by atoms with E-state index in [-0.39, 0.29) is 5.91 Å². The highest BCUT2D eigenvalue weighted by atomic mass is 32.2. The molecule has 0 saturated heterocycles. The first kappa shape index (κ1) is 12.3. The van der Waals surface area contributed by atoms with Crippen molar-refractivity contribution in [3.05, 3.63) is 23.8 Å². The van der Waals surface area contributed by atoms with Gasteiger partial charge in [-0.2, -0.15) is 0 Å². The van der Waals surface area contributed by atoms with Crippen molar-refractivity contribution in [2.75, 3.05) is 26.0 Å². The van der Waals surface area contributed by atoms with Gasteiger partial charge in [-0.3, -0.25) is 4.79 Å². The summed E-state index contributed by atoms with van der Waals surface area (Å²) in [5.41, 5.74) is 1.08. The van der Waals surface area contributed by atoms with Gasteiger partial charge in [0.15, 0.2) is 0 Å². The predicted molar refractivity (Wildman–Crippen MR) is 66.2 cm³/mol. The van der Waals surface area contributed by atoms with E-state index in [2.05, 4.69) is 0 Å². The average molecular weight is 253 g/mol. The maximum absolute atomic E-state index is 11.5. The van der Waals surface area contributed by atoms with Crippen molar-refractivity contribution in [2.45, 2.75) is 11.4 Å². The number of thioether (sulfide) groups is 1. The minimum Gasteiger partial charge on any atom is -0.497 e. The van der Waals surface area contributed by atoms with Gasteiger partial charge >= 0.3 is 0 Å². The Hall–Kier alpha value is -1.20. The molecule has 1 aliphatic heterocycles. The normalized spacial score (nSPS) is 15.1. The number of amides is 1. The van der Waals surface area contributed by atoms with Gasteiger partial charge in [-0.1, -0.05) is 0 Å². The number of nitrogens with zero attached hydrogens (tertiary/aromatic N) is 1. The molecule has 1 aromatic carbocycles. The lowest BCUT2D eigenvalue weighted by Crippen LogP contribution is -2.33. The molecule has 0 spiro atoms. The number of rotatable bonds is 2. The summed E-state index contributed by atoms with van der Waals surface area (Å²) < 4.78 is 5.18. The van der Waals surface area contributed by atoms with E-state index in [1.807, 2.05) is 18.2 Å². The Bertz CT molecular complexity index is 422. The molecule has 17 heavy (non-hydrogen) atoms. The summed E-state index contributed by atoms with van der Waals surface area (Å²) >= 11 is 1.73. The third kappa shape index (κ3) is 2.73. The molecular formula is C12H15NO3S. The van der Waals surface area contributed by atoms with Gasteiger partial charge in [-0.25, -0.2) is 0 Å². The highest BCUT2D eigenvalue weighted by Gasteiger charge is 2.18. The Kier molecular flexibility index (Phi) is 3.91. The number of carbonyl (C=O) groups is 1. The molecule has 0 radical (unpaired) electrons. The number of methoxy groups -OCH3 is 1. The number of aliphatic hydroxyl groups excluding tert-OH is 1. The van der Waals surface area contributed by atoms with Crippen LogP contribution in [-0.4, -0.2) is 41.9 Å². The molecule has 0 unspecified atom stereocenters. The first-order chi connectivity index (χ1) is 8.24. The average Bonchev–Trinajstić information content (AvgIpc) is 2.58. The third-order valence-electron chi connectivity index (χ3n) is 2.74. The van der Waals surface area contributed by atoms with E-state index in [0.717, 1.165) is 17.1 Å². The number of hydrogen-bond donors (Lipinski definition) is 1. The largest absolute Gasteiger partial charge is 0.497 e. The van der Waals surface area contributed by atoms with Crippen LogP contribution >= 0.6 is 11.8 Å². The molecular weight excluding hydrogens is 238 g/mol. The molecule has 0 bridgehead atoms. The Balaban J connectivity index is 2.25. The van der Waals surface area contributed by atoms with Crippen molar-refractivity contribution in [3.63, 3.8) is 0 Å². The van der Waals surface area contributed by atoms with Crippen molar-refractivity contribution in [1.29, 1.82) is 0 Å². The fourth-order valence-corrected chi connectivity index (χ4v) is 2.82. The van der Waals surface area contributed by atoms with E-state index in [1.54, 1.807) is 23.8 Å². The summed E-state index contributed by atoms with van der Waals surface area (Å²) in [4.78, 5) is 14.4. The molecule has 4 nitrogen and oxygen atoms in total. The lowest BCUT2D eigenvalue weighted by atomic mass is 10.2. The smallest absolute Gasteiger partial charge is 0.248 e. The van der Waals surface area contributed by atoms with Gasteiger partial charge in [0, 0.05) is 23.7 Å². The molecule has 0 atom stereocenters. The number of carbonyl (C=O) groups excluding carboxylic acids is 1. The van der Waals surface area contributed by atoms with Gasteiger partial charge in [0.1, 0.15) is 12.4 Å². The van der Waals surface area contributed by atoms with Crippen molar-refractivity contribution in [1.82, 2.24) is 4.90 Å². The van der Waals surface area contributed by atoms with Crippen molar-refractivity contribution < 1.29 is 14.6 Å². The van der Waals surface area contributed by atoms with Gasteiger partial charge in [0.25, 0.3) is 0 Å². The summed E-state index contributed by atoms with van der Waals surface area (Å²) in [5, 5.41) is 8.90. The maximum Gasteiger partial charge on any atom is 0.248 e. The van der Waals surface area contributed by atoms with E-state index in [0.29, 0.717) is 13.1 Å². The second-order valence-corrected chi connectivity index (χ2v) is 4.93. The van der Waals surface area contributed by atoms with E-state index in [9.17, 15) is 4.79 Å². The maximum atomic E-state index is 11.5. The van der Waals surface area contributed by atoms with E-state index < -0.39 is 6.61 Å². The van der Waals surface area contributed by atoms with Crippen LogP contribution in [0.15, 0.2) is 23.1 Å². The fraction of sp³-hybridized carbons (Fsp3) is 0.417. The zero-order valence-corrected chi connectivity index (χ0v) is 10.5. The summed E-state index contributed by atoms with van der Waals surface area (Å²) in [7, 11) is 1.63. The third-order valence-corrected chi connectivity index (χ3v) is 3.83. The molecule has 5 heteroatoms. The van der Waals surface area contributed by atoms with E-state index in [4.69, 9.17) is 9.84 Å². The molecule has 0 saturated carbocycles. The standard InChI is InChI=1S/C12H15NO3S/c1-16-10-2-3-11-9(6-10)7-13(4-5-17-11)12(15)8-14/h2-3,6,14H,4-5,7-8H2,1H3. The van der Waals surface area contributed by atoms with Crippen LogP contribution in [0.4, 0.5) is 0 Å². The van der Waals surface area contributed by atoms with Gasteiger partial charge in [-0.15, -0.1) is 11.8 Å². The topological polar surface area (TPSA) is 49.8 Å². The monoisotopic (exact) mass is 253 g/mol. The quantitative estimate of drug-likeness (QED) is 0.858. The highest BCUT2D eigenvalue weighted by molar-refractivity contribution is 7.99. The lowest BCUT2D eigenvalue weighted by Gasteiger charge is -2.19.